The van der Waals surface area contributed by atoms with Crippen molar-refractivity contribution in [2.45, 2.75) is 39.2 Å². The van der Waals surface area contributed by atoms with Gasteiger partial charge in [-0.15, -0.1) is 11.3 Å². The molecular weight excluding hydrogens is 292 g/mol. The molecule has 1 aliphatic rings. The Balaban J connectivity index is 1.79. The van der Waals surface area contributed by atoms with Crippen molar-refractivity contribution in [2.24, 2.45) is 11.8 Å². The maximum absolute atomic E-state index is 12.1. The van der Waals surface area contributed by atoms with Crippen LogP contribution in [-0.2, 0) is 4.79 Å². The van der Waals surface area contributed by atoms with Crippen LogP contribution in [0.25, 0.3) is 0 Å². The minimum atomic E-state index is 0.0386. The fraction of sp³-hybridized carbons (Fsp3) is 0.667. The molecule has 1 amide bonds. The summed E-state index contributed by atoms with van der Waals surface area (Å²) in [6.07, 6.45) is 3.06. The average molecular weight is 315 g/mol. The van der Waals surface area contributed by atoms with E-state index in [1.165, 1.54) is 24.2 Å². The highest BCUT2D eigenvalue weighted by molar-refractivity contribution is 7.16. The highest BCUT2D eigenvalue weighted by atomic mass is 35.5. The van der Waals surface area contributed by atoms with Crippen LogP contribution in [-0.4, -0.2) is 19.0 Å². The van der Waals surface area contributed by atoms with Crippen LogP contribution in [0.4, 0.5) is 0 Å². The van der Waals surface area contributed by atoms with Gasteiger partial charge in [0.15, 0.2) is 0 Å². The van der Waals surface area contributed by atoms with Gasteiger partial charge >= 0.3 is 0 Å². The molecule has 3 atom stereocenters. The summed E-state index contributed by atoms with van der Waals surface area (Å²) in [6, 6.07) is 3.89. The molecule has 1 aromatic rings. The zero-order valence-corrected chi connectivity index (χ0v) is 13.7. The first-order valence-electron chi connectivity index (χ1n) is 7.31. The zero-order chi connectivity index (χ0) is 14.5. The van der Waals surface area contributed by atoms with E-state index in [4.69, 9.17) is 11.6 Å². The molecule has 3 nitrogen and oxygen atoms in total. The van der Waals surface area contributed by atoms with Gasteiger partial charge in [0.1, 0.15) is 0 Å². The second-order valence-electron chi connectivity index (χ2n) is 5.72. The van der Waals surface area contributed by atoms with Crippen molar-refractivity contribution >= 4 is 28.8 Å². The molecule has 3 unspecified atom stereocenters. The molecule has 1 aromatic heterocycles. The summed E-state index contributed by atoms with van der Waals surface area (Å²) in [7, 11) is 0. The van der Waals surface area contributed by atoms with Crippen LogP contribution < -0.4 is 10.6 Å². The van der Waals surface area contributed by atoms with Crippen molar-refractivity contribution in [1.29, 1.82) is 0 Å². The summed E-state index contributed by atoms with van der Waals surface area (Å²) < 4.78 is 0.766. The number of rotatable bonds is 5. The molecule has 0 spiro atoms. The minimum absolute atomic E-state index is 0.0386. The first kappa shape index (κ1) is 15.8. The van der Waals surface area contributed by atoms with Crippen LogP contribution in [0.5, 0.6) is 0 Å². The Morgan fingerprint density at radius 3 is 2.95 bits per heavy atom. The molecule has 2 heterocycles. The lowest BCUT2D eigenvalue weighted by atomic mass is 9.85. The van der Waals surface area contributed by atoms with Crippen molar-refractivity contribution < 1.29 is 4.79 Å². The predicted molar refractivity (Wildman–Crippen MR) is 85.3 cm³/mol. The molecule has 0 radical (unpaired) electrons. The number of hydrogen-bond donors (Lipinski definition) is 2. The number of carbonyl (C=O) groups is 1. The molecular formula is C15H23ClN2OS. The minimum Gasteiger partial charge on any atom is -0.349 e. The monoisotopic (exact) mass is 314 g/mol. The van der Waals surface area contributed by atoms with Crippen LogP contribution in [0.1, 0.15) is 44.0 Å². The standard InChI is InChI=1S/C15H23ClN2OS/c1-10(12-4-3-7-17-9-12)8-15(19)18-11(2)13-5-6-14(16)20-13/h5-6,10-12,17H,3-4,7-9H2,1-2H3,(H,18,19). The topological polar surface area (TPSA) is 41.1 Å². The summed E-state index contributed by atoms with van der Waals surface area (Å²) in [5, 5.41) is 6.49. The first-order chi connectivity index (χ1) is 9.56. The van der Waals surface area contributed by atoms with Crippen LogP contribution in [0.2, 0.25) is 4.34 Å². The zero-order valence-electron chi connectivity index (χ0n) is 12.1. The maximum atomic E-state index is 12.1. The maximum Gasteiger partial charge on any atom is 0.220 e. The van der Waals surface area contributed by atoms with E-state index >= 15 is 0 Å². The van der Waals surface area contributed by atoms with E-state index in [0.29, 0.717) is 18.3 Å². The molecule has 2 N–H and O–H groups in total. The molecule has 0 aliphatic carbocycles. The second kappa shape index (κ2) is 7.43. The van der Waals surface area contributed by atoms with E-state index in [2.05, 4.69) is 17.6 Å². The lowest BCUT2D eigenvalue weighted by molar-refractivity contribution is -0.123. The van der Waals surface area contributed by atoms with E-state index in [1.807, 2.05) is 19.1 Å². The summed E-state index contributed by atoms with van der Waals surface area (Å²) in [5.41, 5.74) is 0. The molecule has 1 saturated heterocycles. The third-order valence-corrected chi connectivity index (χ3v) is 5.46. The molecule has 0 bridgehead atoms. The summed E-state index contributed by atoms with van der Waals surface area (Å²) >= 11 is 7.45. The van der Waals surface area contributed by atoms with E-state index in [0.717, 1.165) is 22.3 Å². The van der Waals surface area contributed by atoms with Crippen molar-refractivity contribution in [3.63, 3.8) is 0 Å². The lowest BCUT2D eigenvalue weighted by Crippen LogP contribution is -2.36. The van der Waals surface area contributed by atoms with Gasteiger partial charge in [-0.1, -0.05) is 18.5 Å². The van der Waals surface area contributed by atoms with Gasteiger partial charge in [-0.25, -0.2) is 0 Å². The Kier molecular flexibility index (Phi) is 5.87. The third-order valence-electron chi connectivity index (χ3n) is 4.05. The number of hydrogen-bond acceptors (Lipinski definition) is 3. The highest BCUT2D eigenvalue weighted by Gasteiger charge is 2.22. The molecule has 20 heavy (non-hydrogen) atoms. The van der Waals surface area contributed by atoms with E-state index in [-0.39, 0.29) is 11.9 Å². The van der Waals surface area contributed by atoms with Crippen molar-refractivity contribution in [3.8, 4) is 0 Å². The van der Waals surface area contributed by atoms with Gasteiger partial charge in [0, 0.05) is 11.3 Å². The van der Waals surface area contributed by atoms with E-state index < -0.39 is 0 Å². The normalized spacial score (nSPS) is 22.2. The Morgan fingerprint density at radius 1 is 1.55 bits per heavy atom. The average Bonchev–Trinajstić information content (AvgIpc) is 2.86. The molecule has 1 fully saturated rings. The number of nitrogens with one attached hydrogen (secondary N) is 2. The molecule has 0 aromatic carbocycles. The van der Waals surface area contributed by atoms with E-state index in [9.17, 15) is 4.79 Å². The van der Waals surface area contributed by atoms with Crippen LogP contribution in [0.3, 0.4) is 0 Å². The van der Waals surface area contributed by atoms with Gasteiger partial charge in [0.05, 0.1) is 10.4 Å². The van der Waals surface area contributed by atoms with Gasteiger partial charge in [0.25, 0.3) is 0 Å². The summed E-state index contributed by atoms with van der Waals surface area (Å²) in [4.78, 5) is 13.2. The number of thiophene rings is 1. The fourth-order valence-electron chi connectivity index (χ4n) is 2.76. The van der Waals surface area contributed by atoms with Crippen molar-refractivity contribution in [3.05, 3.63) is 21.3 Å². The fourth-order valence-corrected chi connectivity index (χ4v) is 3.82. The third kappa shape index (κ3) is 4.47. The SMILES string of the molecule is CC(NC(=O)CC(C)C1CCCNC1)c1ccc(Cl)s1. The second-order valence-corrected chi connectivity index (χ2v) is 7.47. The van der Waals surface area contributed by atoms with Gasteiger partial charge in [-0.2, -0.15) is 0 Å². The quantitative estimate of drug-likeness (QED) is 0.872. The van der Waals surface area contributed by atoms with Gasteiger partial charge < -0.3 is 10.6 Å². The summed E-state index contributed by atoms with van der Waals surface area (Å²) in [6.45, 7) is 6.35. The number of piperidine rings is 1. The lowest BCUT2D eigenvalue weighted by Gasteiger charge is -2.28. The number of amides is 1. The number of halogens is 1. The van der Waals surface area contributed by atoms with E-state index in [1.54, 1.807) is 0 Å². The van der Waals surface area contributed by atoms with Crippen molar-refractivity contribution in [1.82, 2.24) is 10.6 Å². The van der Waals surface area contributed by atoms with Gasteiger partial charge in [0.2, 0.25) is 5.91 Å². The molecule has 5 heteroatoms. The Morgan fingerprint density at radius 2 is 2.35 bits per heavy atom. The van der Waals surface area contributed by atoms with Gasteiger partial charge in [-0.3, -0.25) is 4.79 Å². The predicted octanol–water partition coefficient (Wildman–Crippen LogP) is 3.60. The highest BCUT2D eigenvalue weighted by Crippen LogP contribution is 2.27. The van der Waals surface area contributed by atoms with Crippen molar-refractivity contribution in [2.75, 3.05) is 13.1 Å². The summed E-state index contributed by atoms with van der Waals surface area (Å²) in [5.74, 6) is 1.20. The Labute approximate surface area is 130 Å². The molecule has 2 rings (SSSR count). The van der Waals surface area contributed by atoms with Crippen LogP contribution in [0.15, 0.2) is 12.1 Å². The molecule has 1 aliphatic heterocycles. The molecule has 112 valence electrons. The Bertz CT molecular complexity index is 443. The smallest absolute Gasteiger partial charge is 0.220 e. The number of carbonyl (C=O) groups excluding carboxylic acids is 1. The van der Waals surface area contributed by atoms with Crippen LogP contribution >= 0.6 is 22.9 Å². The Hall–Kier alpha value is -0.580. The molecule has 0 saturated carbocycles. The largest absolute Gasteiger partial charge is 0.349 e. The first-order valence-corrected chi connectivity index (χ1v) is 8.51. The van der Waals surface area contributed by atoms with Crippen LogP contribution in [0, 0.1) is 11.8 Å². The van der Waals surface area contributed by atoms with Gasteiger partial charge in [-0.05, 0) is 56.8 Å².